The van der Waals surface area contributed by atoms with Gasteiger partial charge in [0.2, 0.25) is 0 Å². The summed E-state index contributed by atoms with van der Waals surface area (Å²) in [7, 11) is 0. The zero-order valence-corrected chi connectivity index (χ0v) is 9.81. The number of rotatable bonds is 7. The van der Waals surface area contributed by atoms with E-state index in [4.69, 9.17) is 0 Å². The molecule has 1 heterocycles. The third-order valence-corrected chi connectivity index (χ3v) is 2.74. The molecule has 0 aliphatic heterocycles. The molecule has 0 saturated heterocycles. The summed E-state index contributed by atoms with van der Waals surface area (Å²) in [6.45, 7) is 5.46. The molecule has 0 spiro atoms. The van der Waals surface area contributed by atoms with Crippen LogP contribution in [0.3, 0.4) is 0 Å². The average molecular weight is 213 g/mol. The molecule has 1 rings (SSSR count). The maximum atomic E-state index is 4.13. The topological polar surface area (TPSA) is 37.8 Å². The Morgan fingerprint density at radius 3 is 2.86 bits per heavy atom. The van der Waals surface area contributed by atoms with Crippen molar-refractivity contribution in [1.82, 2.24) is 14.9 Å². The van der Waals surface area contributed by atoms with E-state index in [-0.39, 0.29) is 0 Å². The predicted octanol–water partition coefficient (Wildman–Crippen LogP) is 2.77. The molecule has 14 heavy (non-hydrogen) atoms. The van der Waals surface area contributed by atoms with Crippen molar-refractivity contribution in [3.63, 3.8) is 0 Å². The number of nitrogens with zero attached hydrogens (tertiary/aromatic N) is 2. The highest BCUT2D eigenvalue weighted by molar-refractivity contribution is 7.03. The van der Waals surface area contributed by atoms with Crippen molar-refractivity contribution in [2.45, 2.75) is 45.6 Å². The minimum absolute atomic E-state index is 0.411. The van der Waals surface area contributed by atoms with Crippen LogP contribution in [0.2, 0.25) is 0 Å². The van der Waals surface area contributed by atoms with Crippen LogP contribution in [0.1, 0.15) is 51.3 Å². The molecule has 1 aromatic rings. The minimum Gasteiger partial charge on any atom is -0.309 e. The Morgan fingerprint density at radius 2 is 2.29 bits per heavy atom. The number of hydrogen-bond acceptors (Lipinski definition) is 4. The van der Waals surface area contributed by atoms with Crippen LogP contribution in [0.5, 0.6) is 0 Å². The van der Waals surface area contributed by atoms with Crippen molar-refractivity contribution in [3.05, 3.63) is 11.1 Å². The van der Waals surface area contributed by atoms with Gasteiger partial charge in [0.05, 0.1) is 11.7 Å². The van der Waals surface area contributed by atoms with E-state index < -0.39 is 0 Å². The molecule has 1 unspecified atom stereocenters. The Morgan fingerprint density at radius 1 is 1.43 bits per heavy atom. The molecule has 80 valence electrons. The molecule has 0 amide bonds. The Labute approximate surface area is 90.1 Å². The molecular weight excluding hydrogens is 194 g/mol. The molecule has 1 atom stereocenters. The first-order chi connectivity index (χ1) is 6.88. The largest absolute Gasteiger partial charge is 0.309 e. The molecule has 1 N–H and O–H groups in total. The van der Waals surface area contributed by atoms with Gasteiger partial charge in [-0.3, -0.25) is 0 Å². The van der Waals surface area contributed by atoms with Gasteiger partial charge in [-0.1, -0.05) is 31.2 Å². The second kappa shape index (κ2) is 6.90. The van der Waals surface area contributed by atoms with E-state index in [1.54, 1.807) is 0 Å². The Hall–Kier alpha value is -0.480. The molecular formula is C10H19N3S. The maximum Gasteiger partial charge on any atom is 0.0924 e. The van der Waals surface area contributed by atoms with Crippen molar-refractivity contribution in [3.8, 4) is 0 Å². The maximum absolute atomic E-state index is 4.13. The fraction of sp³-hybridized carbons (Fsp3) is 0.800. The van der Waals surface area contributed by atoms with Gasteiger partial charge < -0.3 is 5.32 Å². The average Bonchev–Trinajstić information content (AvgIpc) is 2.71. The van der Waals surface area contributed by atoms with Crippen LogP contribution in [-0.2, 0) is 0 Å². The van der Waals surface area contributed by atoms with Gasteiger partial charge in [0, 0.05) is 5.38 Å². The van der Waals surface area contributed by atoms with Gasteiger partial charge in [0.15, 0.2) is 0 Å². The van der Waals surface area contributed by atoms with Crippen LogP contribution in [0.4, 0.5) is 0 Å². The monoisotopic (exact) mass is 213 g/mol. The summed E-state index contributed by atoms with van der Waals surface area (Å²) in [5.74, 6) is 0. The lowest BCUT2D eigenvalue weighted by atomic mass is 10.1. The van der Waals surface area contributed by atoms with E-state index in [1.165, 1.54) is 37.2 Å². The summed E-state index contributed by atoms with van der Waals surface area (Å²) in [5, 5.41) is 9.68. The summed E-state index contributed by atoms with van der Waals surface area (Å²) in [6, 6.07) is 0.411. The number of unbranched alkanes of at least 4 members (excludes halogenated alkanes) is 1. The second-order valence-electron chi connectivity index (χ2n) is 3.48. The number of aromatic nitrogens is 2. The molecule has 1 aromatic heterocycles. The van der Waals surface area contributed by atoms with Crippen LogP contribution in [0, 0.1) is 0 Å². The van der Waals surface area contributed by atoms with Crippen molar-refractivity contribution in [2.75, 3.05) is 6.54 Å². The van der Waals surface area contributed by atoms with Crippen molar-refractivity contribution in [1.29, 1.82) is 0 Å². The highest BCUT2D eigenvalue weighted by Gasteiger charge is 2.12. The third kappa shape index (κ3) is 3.72. The van der Waals surface area contributed by atoms with E-state index in [1.807, 2.05) is 5.38 Å². The van der Waals surface area contributed by atoms with Crippen LogP contribution in [-0.4, -0.2) is 16.1 Å². The fourth-order valence-electron chi connectivity index (χ4n) is 1.41. The predicted molar refractivity (Wildman–Crippen MR) is 60.5 cm³/mol. The summed E-state index contributed by atoms with van der Waals surface area (Å²) in [6.07, 6.45) is 4.82. The lowest BCUT2D eigenvalue weighted by Gasteiger charge is -2.15. The van der Waals surface area contributed by atoms with Crippen molar-refractivity contribution < 1.29 is 0 Å². The quantitative estimate of drug-likeness (QED) is 0.757. The van der Waals surface area contributed by atoms with E-state index in [9.17, 15) is 0 Å². The highest BCUT2D eigenvalue weighted by Crippen LogP contribution is 2.17. The Balaban J connectivity index is 2.44. The summed E-state index contributed by atoms with van der Waals surface area (Å²) in [4.78, 5) is 0. The first-order valence-corrected chi connectivity index (χ1v) is 6.22. The molecule has 0 radical (unpaired) electrons. The van der Waals surface area contributed by atoms with Crippen LogP contribution >= 0.6 is 11.5 Å². The third-order valence-electron chi connectivity index (χ3n) is 2.22. The SMILES string of the molecule is CCCCC(NCCC)c1csnn1. The smallest absolute Gasteiger partial charge is 0.0924 e. The van der Waals surface area contributed by atoms with Crippen molar-refractivity contribution in [2.24, 2.45) is 0 Å². The fourth-order valence-corrected chi connectivity index (χ4v) is 1.91. The molecule has 4 heteroatoms. The number of nitrogens with one attached hydrogen (secondary N) is 1. The molecule has 0 fully saturated rings. The Kier molecular flexibility index (Phi) is 5.71. The standard InChI is InChI=1S/C10H19N3S/c1-3-5-6-9(11-7-4-2)10-8-14-13-12-10/h8-9,11H,3-7H2,1-2H3. The lowest BCUT2D eigenvalue weighted by molar-refractivity contribution is 0.471. The van der Waals surface area contributed by atoms with Gasteiger partial charge in [-0.05, 0) is 30.9 Å². The van der Waals surface area contributed by atoms with Gasteiger partial charge in [0.1, 0.15) is 0 Å². The van der Waals surface area contributed by atoms with E-state index in [2.05, 4.69) is 28.8 Å². The summed E-state index contributed by atoms with van der Waals surface area (Å²) in [5.41, 5.74) is 1.11. The molecule has 0 bridgehead atoms. The van der Waals surface area contributed by atoms with Crippen molar-refractivity contribution >= 4 is 11.5 Å². The van der Waals surface area contributed by atoms with Gasteiger partial charge >= 0.3 is 0 Å². The molecule has 0 saturated carbocycles. The first-order valence-electron chi connectivity index (χ1n) is 5.38. The minimum atomic E-state index is 0.411. The van der Waals surface area contributed by atoms with E-state index in [0.29, 0.717) is 6.04 Å². The highest BCUT2D eigenvalue weighted by atomic mass is 32.1. The van der Waals surface area contributed by atoms with Gasteiger partial charge in [-0.2, -0.15) is 0 Å². The number of hydrogen-bond donors (Lipinski definition) is 1. The van der Waals surface area contributed by atoms with Gasteiger partial charge in [0.25, 0.3) is 0 Å². The Bertz CT molecular complexity index is 215. The normalized spacial score (nSPS) is 13.0. The first kappa shape index (κ1) is 11.6. The zero-order valence-electron chi connectivity index (χ0n) is 8.99. The lowest BCUT2D eigenvalue weighted by Crippen LogP contribution is -2.22. The van der Waals surface area contributed by atoms with Gasteiger partial charge in [-0.15, -0.1) is 5.10 Å². The summed E-state index contributed by atoms with van der Waals surface area (Å²) >= 11 is 1.43. The van der Waals surface area contributed by atoms with Crippen LogP contribution in [0.25, 0.3) is 0 Å². The molecule has 0 aromatic carbocycles. The van der Waals surface area contributed by atoms with E-state index >= 15 is 0 Å². The molecule has 3 nitrogen and oxygen atoms in total. The van der Waals surface area contributed by atoms with Gasteiger partial charge in [-0.25, -0.2) is 0 Å². The summed E-state index contributed by atoms with van der Waals surface area (Å²) < 4.78 is 3.91. The van der Waals surface area contributed by atoms with E-state index in [0.717, 1.165) is 12.2 Å². The molecule has 0 aliphatic carbocycles. The second-order valence-corrected chi connectivity index (χ2v) is 4.09. The molecule has 0 aliphatic rings. The van der Waals surface area contributed by atoms with Crippen LogP contribution in [0.15, 0.2) is 5.38 Å². The zero-order chi connectivity index (χ0) is 10.2. The van der Waals surface area contributed by atoms with Crippen LogP contribution < -0.4 is 5.32 Å².